The van der Waals surface area contributed by atoms with Crippen molar-refractivity contribution in [3.8, 4) is 0 Å². The van der Waals surface area contributed by atoms with Crippen LogP contribution in [0.3, 0.4) is 0 Å². The Bertz CT molecular complexity index is 867. The molecule has 0 spiro atoms. The number of ether oxygens (including phenoxy) is 1. The van der Waals surface area contributed by atoms with Crippen LogP contribution in [0, 0.1) is 0 Å². The molecule has 0 unspecified atom stereocenters. The molecule has 2 amide bonds. The average molecular weight is 394 g/mol. The Morgan fingerprint density at radius 2 is 1.73 bits per heavy atom. The minimum atomic E-state index is -0.983. The van der Waals surface area contributed by atoms with E-state index in [0.717, 1.165) is 0 Å². The van der Waals surface area contributed by atoms with E-state index in [9.17, 15) is 14.4 Å². The Hall–Kier alpha value is -2.90. The van der Waals surface area contributed by atoms with Gasteiger partial charge in [-0.15, -0.1) is 0 Å². The molecule has 2 rings (SSSR count). The average Bonchev–Trinajstić information content (AvgIpc) is 2.65. The summed E-state index contributed by atoms with van der Waals surface area (Å²) in [5, 5.41) is 6.39. The van der Waals surface area contributed by atoms with Gasteiger partial charge in [0.15, 0.2) is 0 Å². The number of benzene rings is 2. The maximum atomic E-state index is 11.8. The van der Waals surface area contributed by atoms with Gasteiger partial charge >= 0.3 is 17.8 Å². The van der Waals surface area contributed by atoms with E-state index in [4.69, 9.17) is 23.2 Å². The number of methoxy groups -OCH3 is 1. The smallest absolute Gasteiger partial charge is 0.337 e. The molecule has 0 radical (unpaired) electrons. The van der Waals surface area contributed by atoms with Gasteiger partial charge in [0, 0.05) is 0 Å². The first-order chi connectivity index (χ1) is 12.4. The molecule has 7 nitrogen and oxygen atoms in total. The Morgan fingerprint density at radius 1 is 1.04 bits per heavy atom. The summed E-state index contributed by atoms with van der Waals surface area (Å²) < 4.78 is 4.59. The van der Waals surface area contributed by atoms with Crippen LogP contribution >= 0.6 is 23.2 Å². The highest BCUT2D eigenvalue weighted by molar-refractivity contribution is 6.45. The fourth-order valence-corrected chi connectivity index (χ4v) is 2.17. The first-order valence-electron chi connectivity index (χ1n) is 7.19. The van der Waals surface area contributed by atoms with Crippen molar-refractivity contribution in [2.24, 2.45) is 5.10 Å². The molecule has 0 saturated heterocycles. The first kappa shape index (κ1) is 19.4. The summed E-state index contributed by atoms with van der Waals surface area (Å²) in [5.41, 5.74) is 3.28. The van der Waals surface area contributed by atoms with Crippen LogP contribution < -0.4 is 10.7 Å². The topological polar surface area (TPSA) is 96.9 Å². The Balaban J connectivity index is 1.93. The van der Waals surface area contributed by atoms with Crippen LogP contribution in [0.2, 0.25) is 10.0 Å². The number of rotatable bonds is 4. The fraction of sp³-hybridized carbons (Fsp3) is 0.0588. The third kappa shape index (κ3) is 5.05. The molecular weight excluding hydrogens is 381 g/mol. The molecule has 0 saturated carbocycles. The van der Waals surface area contributed by atoms with Gasteiger partial charge in [-0.1, -0.05) is 41.4 Å². The van der Waals surface area contributed by atoms with Gasteiger partial charge in [-0.25, -0.2) is 10.2 Å². The monoisotopic (exact) mass is 393 g/mol. The molecule has 0 bridgehead atoms. The summed E-state index contributed by atoms with van der Waals surface area (Å²) in [5.74, 6) is -2.39. The Kier molecular flexibility index (Phi) is 6.71. The summed E-state index contributed by atoms with van der Waals surface area (Å²) in [4.78, 5) is 34.9. The van der Waals surface area contributed by atoms with Crippen LogP contribution in [0.25, 0.3) is 0 Å². The minimum Gasteiger partial charge on any atom is -0.465 e. The van der Waals surface area contributed by atoms with Gasteiger partial charge in [-0.3, -0.25) is 9.59 Å². The molecule has 0 aromatic heterocycles. The molecular formula is C17H13Cl2N3O4. The van der Waals surface area contributed by atoms with E-state index in [-0.39, 0.29) is 15.7 Å². The standard InChI is InChI=1S/C17H13Cl2N3O4/c1-26-17(25)11-7-5-10(6-8-11)9-20-22-16(24)15(23)21-13-4-2-3-12(18)14(13)19/h2-9H,1H3,(H,21,23)(H,22,24). The number of anilines is 1. The molecule has 0 atom stereocenters. The van der Waals surface area contributed by atoms with E-state index in [0.29, 0.717) is 11.1 Å². The Labute approximate surface area is 158 Å². The van der Waals surface area contributed by atoms with Gasteiger partial charge in [-0.2, -0.15) is 5.10 Å². The van der Waals surface area contributed by atoms with Gasteiger partial charge in [-0.05, 0) is 29.8 Å². The van der Waals surface area contributed by atoms with Crippen molar-refractivity contribution in [1.82, 2.24) is 5.43 Å². The van der Waals surface area contributed by atoms with Gasteiger partial charge in [0.05, 0.1) is 34.6 Å². The van der Waals surface area contributed by atoms with Crippen molar-refractivity contribution >= 4 is 52.9 Å². The van der Waals surface area contributed by atoms with E-state index in [1.54, 1.807) is 36.4 Å². The van der Waals surface area contributed by atoms with Gasteiger partial charge < -0.3 is 10.1 Å². The molecule has 0 aliphatic heterocycles. The molecule has 0 heterocycles. The van der Waals surface area contributed by atoms with Crippen LogP contribution in [-0.4, -0.2) is 31.1 Å². The largest absolute Gasteiger partial charge is 0.465 e. The molecule has 2 N–H and O–H groups in total. The number of hydrogen-bond donors (Lipinski definition) is 2. The third-order valence-electron chi connectivity index (χ3n) is 3.12. The summed E-state index contributed by atoms with van der Waals surface area (Å²) in [6, 6.07) is 10.9. The summed E-state index contributed by atoms with van der Waals surface area (Å²) in [7, 11) is 1.29. The van der Waals surface area contributed by atoms with E-state index >= 15 is 0 Å². The number of carbonyl (C=O) groups excluding carboxylic acids is 3. The van der Waals surface area contributed by atoms with Crippen molar-refractivity contribution in [2.45, 2.75) is 0 Å². The van der Waals surface area contributed by atoms with Gasteiger partial charge in [0.25, 0.3) is 0 Å². The number of amides is 2. The third-order valence-corrected chi connectivity index (χ3v) is 3.94. The van der Waals surface area contributed by atoms with Crippen molar-refractivity contribution in [3.63, 3.8) is 0 Å². The zero-order chi connectivity index (χ0) is 19.1. The van der Waals surface area contributed by atoms with E-state index in [1.165, 1.54) is 19.4 Å². The van der Waals surface area contributed by atoms with Crippen molar-refractivity contribution in [3.05, 3.63) is 63.6 Å². The first-order valence-corrected chi connectivity index (χ1v) is 7.94. The maximum absolute atomic E-state index is 11.8. The molecule has 2 aromatic carbocycles. The molecule has 0 aliphatic carbocycles. The lowest BCUT2D eigenvalue weighted by Crippen LogP contribution is -2.32. The summed E-state index contributed by atoms with van der Waals surface area (Å²) >= 11 is 11.8. The van der Waals surface area contributed by atoms with E-state index < -0.39 is 17.8 Å². The summed E-state index contributed by atoms with van der Waals surface area (Å²) in [6.45, 7) is 0. The number of carbonyl (C=O) groups is 3. The number of hydrogen-bond acceptors (Lipinski definition) is 5. The number of nitrogens with zero attached hydrogens (tertiary/aromatic N) is 1. The summed E-state index contributed by atoms with van der Waals surface area (Å²) in [6.07, 6.45) is 1.32. The predicted octanol–water partition coefficient (Wildman–Crippen LogP) is 2.87. The lowest BCUT2D eigenvalue weighted by molar-refractivity contribution is -0.136. The van der Waals surface area contributed by atoms with Gasteiger partial charge in [0.1, 0.15) is 0 Å². The quantitative estimate of drug-likeness (QED) is 0.361. The number of hydrazone groups is 1. The predicted molar refractivity (Wildman–Crippen MR) is 98.6 cm³/mol. The number of halogens is 2. The van der Waals surface area contributed by atoms with Crippen molar-refractivity contribution in [2.75, 3.05) is 12.4 Å². The SMILES string of the molecule is COC(=O)c1ccc(C=NNC(=O)C(=O)Nc2cccc(Cl)c2Cl)cc1. The second kappa shape index (κ2) is 8.98. The van der Waals surface area contributed by atoms with Crippen LogP contribution in [0.1, 0.15) is 15.9 Å². The molecule has 0 aliphatic rings. The van der Waals surface area contributed by atoms with E-state index in [2.05, 4.69) is 20.6 Å². The lowest BCUT2D eigenvalue weighted by Gasteiger charge is -2.06. The van der Waals surface area contributed by atoms with Crippen molar-refractivity contribution < 1.29 is 19.1 Å². The lowest BCUT2D eigenvalue weighted by atomic mass is 10.1. The zero-order valence-electron chi connectivity index (χ0n) is 13.5. The highest BCUT2D eigenvalue weighted by atomic mass is 35.5. The second-order valence-corrected chi connectivity index (χ2v) is 5.65. The normalized spacial score (nSPS) is 10.4. The van der Waals surface area contributed by atoms with Crippen LogP contribution in [-0.2, 0) is 14.3 Å². The van der Waals surface area contributed by atoms with Crippen LogP contribution in [0.15, 0.2) is 47.6 Å². The minimum absolute atomic E-state index is 0.129. The molecule has 26 heavy (non-hydrogen) atoms. The molecule has 0 fully saturated rings. The highest BCUT2D eigenvalue weighted by Gasteiger charge is 2.15. The number of esters is 1. The second-order valence-electron chi connectivity index (χ2n) is 4.87. The van der Waals surface area contributed by atoms with Gasteiger partial charge in [0.2, 0.25) is 0 Å². The maximum Gasteiger partial charge on any atom is 0.337 e. The molecule has 9 heteroatoms. The number of nitrogens with one attached hydrogen (secondary N) is 2. The van der Waals surface area contributed by atoms with Crippen molar-refractivity contribution in [1.29, 1.82) is 0 Å². The Morgan fingerprint density at radius 3 is 2.38 bits per heavy atom. The fourth-order valence-electron chi connectivity index (χ4n) is 1.82. The van der Waals surface area contributed by atoms with Crippen LogP contribution in [0.5, 0.6) is 0 Å². The van der Waals surface area contributed by atoms with E-state index in [1.807, 2.05) is 0 Å². The molecule has 134 valence electrons. The zero-order valence-corrected chi connectivity index (χ0v) is 15.0. The molecule has 2 aromatic rings. The highest BCUT2D eigenvalue weighted by Crippen LogP contribution is 2.29. The van der Waals surface area contributed by atoms with Crippen LogP contribution in [0.4, 0.5) is 5.69 Å².